The maximum absolute atomic E-state index is 13.5. The third-order valence-electron chi connectivity index (χ3n) is 9.01. The molecule has 43 heavy (non-hydrogen) atoms. The summed E-state index contributed by atoms with van der Waals surface area (Å²) in [6, 6.07) is 9.10. The van der Waals surface area contributed by atoms with Gasteiger partial charge in [0.25, 0.3) is 5.91 Å². The first-order valence-corrected chi connectivity index (χ1v) is 15.8. The summed E-state index contributed by atoms with van der Waals surface area (Å²) in [5, 5.41) is 4.43. The van der Waals surface area contributed by atoms with Crippen LogP contribution in [-0.4, -0.2) is 50.5 Å². The molecule has 230 valence electrons. The average Bonchev–Trinajstić information content (AvgIpc) is 3.52. The van der Waals surface area contributed by atoms with E-state index >= 15 is 0 Å². The van der Waals surface area contributed by atoms with E-state index in [1.165, 1.54) is 16.6 Å². The quantitative estimate of drug-likeness (QED) is 0.312. The fourth-order valence-electron chi connectivity index (χ4n) is 6.29. The van der Waals surface area contributed by atoms with Gasteiger partial charge in [-0.3, -0.25) is 14.5 Å². The van der Waals surface area contributed by atoms with Crippen LogP contribution in [0.3, 0.4) is 0 Å². The zero-order valence-electron chi connectivity index (χ0n) is 24.5. The molecule has 1 saturated heterocycles. The van der Waals surface area contributed by atoms with Gasteiger partial charge in [-0.1, -0.05) is 12.8 Å². The van der Waals surface area contributed by atoms with Gasteiger partial charge in [0.15, 0.2) is 5.82 Å². The highest BCUT2D eigenvalue weighted by atomic mass is 32.2. The van der Waals surface area contributed by atoms with Crippen LogP contribution in [-0.2, 0) is 6.42 Å². The van der Waals surface area contributed by atoms with E-state index in [0.717, 1.165) is 55.7 Å². The summed E-state index contributed by atoms with van der Waals surface area (Å²) < 4.78 is 49.9. The summed E-state index contributed by atoms with van der Waals surface area (Å²) >= 11 is 1.23. The normalized spacial score (nSPS) is 21.7. The summed E-state index contributed by atoms with van der Waals surface area (Å²) in [5.74, 6) is 1.54. The van der Waals surface area contributed by atoms with Gasteiger partial charge in [-0.2, -0.15) is 13.2 Å². The molecule has 1 atom stereocenters. The van der Waals surface area contributed by atoms with Gasteiger partial charge in [-0.05, 0) is 101 Å². The number of hydrogen-bond donors (Lipinski definition) is 1. The molecule has 8 nitrogen and oxygen atoms in total. The van der Waals surface area contributed by atoms with Gasteiger partial charge in [-0.15, -0.1) is 5.10 Å². The predicted octanol–water partition coefficient (Wildman–Crippen LogP) is 6.93. The van der Waals surface area contributed by atoms with Crippen LogP contribution in [0.2, 0.25) is 0 Å². The Morgan fingerprint density at radius 1 is 1.12 bits per heavy atom. The van der Waals surface area contributed by atoms with Crippen molar-refractivity contribution in [3.8, 4) is 11.7 Å². The van der Waals surface area contributed by atoms with E-state index in [1.54, 1.807) is 30.6 Å². The number of pyridine rings is 2. The van der Waals surface area contributed by atoms with E-state index in [9.17, 15) is 18.0 Å². The molecule has 3 aromatic heterocycles. The number of nitrogens with one attached hydrogen (secondary N) is 1. The molecule has 12 heteroatoms. The number of carbonyl (C=O) groups is 1. The Morgan fingerprint density at radius 2 is 1.95 bits per heavy atom. The number of rotatable bonds is 5. The fraction of sp³-hybridized carbons (Fsp3) is 0.548. The third-order valence-corrected chi connectivity index (χ3v) is 9.77. The number of hydrogen-bond acceptors (Lipinski definition) is 7. The van der Waals surface area contributed by atoms with Gasteiger partial charge >= 0.3 is 6.18 Å². The summed E-state index contributed by atoms with van der Waals surface area (Å²) in [6.07, 6.45) is 5.92. The molecule has 2 fully saturated rings. The van der Waals surface area contributed by atoms with Gasteiger partial charge in [0.2, 0.25) is 5.88 Å². The number of halogens is 3. The number of aromatic nitrogens is 4. The number of carbonyl (C=O) groups excluding carboxylic acids is 1. The minimum Gasteiger partial charge on any atom is -0.477 e. The molecule has 1 N–H and O–H groups in total. The average molecular weight is 615 g/mol. The molecule has 7 rings (SSSR count). The van der Waals surface area contributed by atoms with Crippen LogP contribution in [0.1, 0.15) is 81.3 Å². The number of ether oxygens (including phenoxy) is 1. The second-order valence-electron chi connectivity index (χ2n) is 12.6. The van der Waals surface area contributed by atoms with Crippen molar-refractivity contribution in [1.82, 2.24) is 24.5 Å². The van der Waals surface area contributed by atoms with Crippen LogP contribution >= 0.6 is 11.9 Å². The Hall–Kier alpha value is -3.28. The van der Waals surface area contributed by atoms with Gasteiger partial charge in [0.05, 0.1) is 17.6 Å². The molecule has 1 amide bonds. The smallest absolute Gasteiger partial charge is 0.394 e. The monoisotopic (exact) mass is 614 g/mol. The molecule has 3 aromatic rings. The van der Waals surface area contributed by atoms with Crippen LogP contribution < -0.4 is 14.4 Å². The van der Waals surface area contributed by atoms with E-state index in [1.807, 2.05) is 12.1 Å². The molecule has 4 bridgehead atoms. The maximum atomic E-state index is 13.5. The van der Waals surface area contributed by atoms with E-state index in [4.69, 9.17) is 9.72 Å². The van der Waals surface area contributed by atoms with Crippen LogP contribution in [0.4, 0.5) is 19.0 Å². The van der Waals surface area contributed by atoms with Gasteiger partial charge < -0.3 is 9.64 Å². The lowest BCUT2D eigenvalue weighted by molar-refractivity contribution is -0.190. The maximum Gasteiger partial charge on any atom is 0.394 e. The lowest BCUT2D eigenvalue weighted by Crippen LogP contribution is -2.40. The largest absolute Gasteiger partial charge is 0.477 e. The first kappa shape index (κ1) is 29.8. The molecule has 6 heterocycles. The molecule has 0 radical (unpaired) electrons. The minimum atomic E-state index is -4.21. The highest BCUT2D eigenvalue weighted by Crippen LogP contribution is 2.59. The third kappa shape index (κ3) is 6.49. The highest BCUT2D eigenvalue weighted by molar-refractivity contribution is 7.98. The van der Waals surface area contributed by atoms with Gasteiger partial charge in [0.1, 0.15) is 5.82 Å². The zero-order valence-corrected chi connectivity index (χ0v) is 25.3. The second-order valence-corrected chi connectivity index (χ2v) is 13.5. The number of alkyl halides is 3. The first-order chi connectivity index (χ1) is 20.5. The van der Waals surface area contributed by atoms with Crippen molar-refractivity contribution in [1.29, 1.82) is 0 Å². The van der Waals surface area contributed by atoms with Crippen molar-refractivity contribution in [3.05, 3.63) is 54.0 Å². The molecular weight excluding hydrogens is 577 g/mol. The minimum absolute atomic E-state index is 0.0619. The SMILES string of the molecule is CC1(C)CC2CCCCCc3ccc(cn3)SNC(=O)c3ccc(-n4ccc(OCCC5(C(F)(F)F)CC5)n4)nc3N1C2. The second kappa shape index (κ2) is 11.7. The van der Waals surface area contributed by atoms with Crippen LogP contribution in [0.25, 0.3) is 5.82 Å². The number of amides is 1. The predicted molar refractivity (Wildman–Crippen MR) is 158 cm³/mol. The van der Waals surface area contributed by atoms with Crippen molar-refractivity contribution < 1.29 is 22.7 Å². The molecule has 4 aliphatic rings. The van der Waals surface area contributed by atoms with Crippen molar-refractivity contribution in [2.75, 3.05) is 18.1 Å². The van der Waals surface area contributed by atoms with Crippen molar-refractivity contribution in [2.24, 2.45) is 11.3 Å². The van der Waals surface area contributed by atoms with Crippen molar-refractivity contribution >= 4 is 23.7 Å². The number of nitrogens with zero attached hydrogens (tertiary/aromatic N) is 5. The topological polar surface area (TPSA) is 85.2 Å². The van der Waals surface area contributed by atoms with Gasteiger partial charge in [-0.25, -0.2) is 9.67 Å². The molecule has 1 saturated carbocycles. The zero-order chi connectivity index (χ0) is 30.2. The Labute approximate surface area is 253 Å². The Morgan fingerprint density at radius 3 is 2.70 bits per heavy atom. The summed E-state index contributed by atoms with van der Waals surface area (Å²) in [7, 11) is 0. The van der Waals surface area contributed by atoms with Crippen molar-refractivity contribution in [2.45, 2.75) is 88.2 Å². The number of fused-ring (bicyclic) bond motifs is 8. The van der Waals surface area contributed by atoms with Gasteiger partial charge in [0, 0.05) is 41.1 Å². The Kier molecular flexibility index (Phi) is 8.08. The molecule has 0 spiro atoms. The molecular formula is C31H37F3N6O2S. The summed E-state index contributed by atoms with van der Waals surface area (Å²) in [5.41, 5.74) is -0.296. The number of aryl methyl sites for hydroxylation is 1. The Balaban J connectivity index is 1.25. The lowest BCUT2D eigenvalue weighted by atomic mass is 9.92. The summed E-state index contributed by atoms with van der Waals surface area (Å²) in [6.45, 7) is 5.12. The van der Waals surface area contributed by atoms with Crippen LogP contribution in [0.5, 0.6) is 5.88 Å². The van der Waals surface area contributed by atoms with E-state index in [2.05, 4.69) is 33.6 Å². The molecule has 0 aromatic carbocycles. The van der Waals surface area contributed by atoms with Crippen LogP contribution in [0, 0.1) is 11.3 Å². The number of anilines is 1. The van der Waals surface area contributed by atoms with E-state index in [0.29, 0.717) is 23.1 Å². The van der Waals surface area contributed by atoms with E-state index in [-0.39, 0.29) is 43.2 Å². The molecule has 1 aliphatic carbocycles. The standard InChI is InChI=1S/C31H37F3N6O2S/c1-29(2)18-21-6-4-3-5-7-22-8-9-23(19-35-22)43-38-28(41)24-10-11-25(36-27(24)39(29)20-21)40-16-12-26(37-40)42-17-15-30(13-14-30)31(32,33)34/h8-12,16,19,21H,3-7,13-15,17-18,20H2,1-2H3,(H,38,41). The van der Waals surface area contributed by atoms with E-state index < -0.39 is 11.6 Å². The first-order valence-electron chi connectivity index (χ1n) is 15.0. The lowest BCUT2D eigenvalue weighted by Gasteiger charge is -2.34. The molecule has 3 aliphatic heterocycles. The highest BCUT2D eigenvalue weighted by Gasteiger charge is 2.62. The molecule has 1 unspecified atom stereocenters. The summed E-state index contributed by atoms with van der Waals surface area (Å²) in [4.78, 5) is 26.1. The fourth-order valence-corrected chi connectivity index (χ4v) is 6.85. The Bertz CT molecular complexity index is 1450. The van der Waals surface area contributed by atoms with Crippen molar-refractivity contribution in [3.63, 3.8) is 0 Å². The van der Waals surface area contributed by atoms with Crippen LogP contribution in [0.15, 0.2) is 47.6 Å².